The van der Waals surface area contributed by atoms with Gasteiger partial charge in [-0.25, -0.2) is 4.68 Å². The zero-order chi connectivity index (χ0) is 14.8. The molecule has 1 aromatic carbocycles. The minimum Gasteiger partial charge on any atom is -0.493 e. The molecule has 2 aromatic rings. The summed E-state index contributed by atoms with van der Waals surface area (Å²) in [6.07, 6.45) is -1.90. The van der Waals surface area contributed by atoms with Crippen LogP contribution in [0.3, 0.4) is 0 Å². The maximum Gasteiger partial charge on any atom is 0.419 e. The second-order valence-corrected chi connectivity index (χ2v) is 4.28. The summed E-state index contributed by atoms with van der Waals surface area (Å²) in [5.41, 5.74) is 5.73. The van der Waals surface area contributed by atoms with Crippen LogP contribution in [-0.2, 0) is 6.18 Å². The predicted octanol–water partition coefficient (Wildman–Crippen LogP) is 3.26. The Morgan fingerprint density at radius 3 is 2.65 bits per heavy atom. The summed E-state index contributed by atoms with van der Waals surface area (Å²) in [6, 6.07) is 4.75. The fourth-order valence-corrected chi connectivity index (χ4v) is 1.65. The lowest BCUT2D eigenvalue weighted by Crippen LogP contribution is -2.03. The number of anilines is 1. The molecule has 0 amide bonds. The molecule has 2 N–H and O–H groups in total. The van der Waals surface area contributed by atoms with Gasteiger partial charge < -0.3 is 10.5 Å². The van der Waals surface area contributed by atoms with E-state index in [1.165, 1.54) is 6.07 Å². The molecule has 0 fully saturated rings. The number of benzene rings is 1. The number of nitrogens with two attached hydrogens (primary N) is 1. The first-order chi connectivity index (χ1) is 9.40. The van der Waals surface area contributed by atoms with Crippen molar-refractivity contribution in [2.24, 2.45) is 0 Å². The number of rotatable bonds is 4. The third kappa shape index (κ3) is 3.23. The van der Waals surface area contributed by atoms with Crippen LogP contribution in [0.25, 0.3) is 5.69 Å². The largest absolute Gasteiger partial charge is 0.493 e. The van der Waals surface area contributed by atoms with Crippen LogP contribution in [0.4, 0.5) is 18.9 Å². The van der Waals surface area contributed by atoms with E-state index < -0.39 is 11.7 Å². The van der Waals surface area contributed by atoms with Gasteiger partial charge >= 0.3 is 6.18 Å². The number of hydrogen-bond donors (Lipinski definition) is 1. The molecule has 0 saturated heterocycles. The smallest absolute Gasteiger partial charge is 0.419 e. The minimum atomic E-state index is -4.42. The van der Waals surface area contributed by atoms with Crippen molar-refractivity contribution in [3.8, 4) is 11.4 Å². The summed E-state index contributed by atoms with van der Waals surface area (Å²) in [7, 11) is 0. The molecule has 0 radical (unpaired) electrons. The van der Waals surface area contributed by atoms with Gasteiger partial charge in [0, 0.05) is 24.0 Å². The van der Waals surface area contributed by atoms with Gasteiger partial charge in [0.1, 0.15) is 5.75 Å². The maximum absolute atomic E-state index is 12.5. The molecule has 0 saturated carbocycles. The van der Waals surface area contributed by atoms with Crippen molar-refractivity contribution in [1.29, 1.82) is 0 Å². The summed E-state index contributed by atoms with van der Waals surface area (Å²) < 4.78 is 44.2. The van der Waals surface area contributed by atoms with Gasteiger partial charge in [-0.05, 0) is 12.5 Å². The van der Waals surface area contributed by atoms with Crippen molar-refractivity contribution in [2.75, 3.05) is 12.3 Å². The Morgan fingerprint density at radius 1 is 1.30 bits per heavy atom. The molecular weight excluding hydrogens is 271 g/mol. The maximum atomic E-state index is 12.5. The molecule has 4 nitrogen and oxygen atoms in total. The van der Waals surface area contributed by atoms with Gasteiger partial charge in [-0.1, -0.05) is 6.92 Å². The average Bonchev–Trinajstić information content (AvgIpc) is 2.85. The Balaban J connectivity index is 2.32. The molecule has 20 heavy (non-hydrogen) atoms. The van der Waals surface area contributed by atoms with E-state index in [0.29, 0.717) is 23.7 Å². The number of nitrogens with zero attached hydrogens (tertiary/aromatic N) is 2. The summed E-state index contributed by atoms with van der Waals surface area (Å²) in [5, 5.41) is 3.70. The molecule has 0 aliphatic carbocycles. The molecule has 108 valence electrons. The monoisotopic (exact) mass is 285 g/mol. The standard InChI is InChI=1S/C13H14F3N3O/c1-2-3-20-12-5-10(17)4-11(6-12)19-8-9(7-18-19)13(14,15)16/h4-8H,2-3,17H2,1H3. The van der Waals surface area contributed by atoms with Crippen molar-refractivity contribution >= 4 is 5.69 Å². The normalized spacial score (nSPS) is 11.6. The number of hydrogen-bond acceptors (Lipinski definition) is 3. The van der Waals surface area contributed by atoms with Crippen LogP contribution in [-0.4, -0.2) is 16.4 Å². The Hall–Kier alpha value is -2.18. The van der Waals surface area contributed by atoms with E-state index in [-0.39, 0.29) is 0 Å². The summed E-state index contributed by atoms with van der Waals surface area (Å²) in [6.45, 7) is 2.46. The van der Waals surface area contributed by atoms with Crippen LogP contribution >= 0.6 is 0 Å². The second-order valence-electron chi connectivity index (χ2n) is 4.28. The third-order valence-corrected chi connectivity index (χ3v) is 2.56. The molecule has 2 rings (SSSR count). The van der Waals surface area contributed by atoms with Gasteiger partial charge in [-0.3, -0.25) is 0 Å². The number of aromatic nitrogens is 2. The Labute approximate surface area is 114 Å². The first-order valence-corrected chi connectivity index (χ1v) is 6.05. The first kappa shape index (κ1) is 14.2. The Bertz CT molecular complexity index is 593. The van der Waals surface area contributed by atoms with E-state index in [9.17, 15) is 13.2 Å². The average molecular weight is 285 g/mol. The van der Waals surface area contributed by atoms with Crippen LogP contribution in [0.15, 0.2) is 30.6 Å². The lowest BCUT2D eigenvalue weighted by atomic mass is 10.2. The van der Waals surface area contributed by atoms with Crippen LogP contribution in [0.2, 0.25) is 0 Å². The molecule has 1 aromatic heterocycles. The molecule has 7 heteroatoms. The second kappa shape index (κ2) is 5.44. The SMILES string of the molecule is CCCOc1cc(N)cc(-n2cc(C(F)(F)F)cn2)c1. The molecule has 0 bridgehead atoms. The lowest BCUT2D eigenvalue weighted by molar-refractivity contribution is -0.137. The molecule has 1 heterocycles. The Morgan fingerprint density at radius 2 is 2.05 bits per heavy atom. The Kier molecular flexibility index (Phi) is 3.87. The minimum absolute atomic E-state index is 0.401. The summed E-state index contributed by atoms with van der Waals surface area (Å²) >= 11 is 0. The van der Waals surface area contributed by atoms with E-state index >= 15 is 0 Å². The number of nitrogen functional groups attached to an aromatic ring is 1. The summed E-state index contributed by atoms with van der Waals surface area (Å²) in [5.74, 6) is 0.505. The lowest BCUT2D eigenvalue weighted by Gasteiger charge is -2.09. The molecular formula is C13H14F3N3O. The fourth-order valence-electron chi connectivity index (χ4n) is 1.65. The van der Waals surface area contributed by atoms with Crippen molar-refractivity contribution in [2.45, 2.75) is 19.5 Å². The number of halogens is 3. The number of alkyl halides is 3. The fraction of sp³-hybridized carbons (Fsp3) is 0.308. The van der Waals surface area contributed by atoms with Gasteiger partial charge in [0.15, 0.2) is 0 Å². The van der Waals surface area contributed by atoms with Crippen molar-refractivity contribution < 1.29 is 17.9 Å². The first-order valence-electron chi connectivity index (χ1n) is 6.05. The number of ether oxygens (including phenoxy) is 1. The van der Waals surface area contributed by atoms with Crippen LogP contribution in [0.1, 0.15) is 18.9 Å². The molecule has 0 atom stereocenters. The van der Waals surface area contributed by atoms with E-state index in [0.717, 1.165) is 23.5 Å². The molecule has 0 unspecified atom stereocenters. The highest BCUT2D eigenvalue weighted by Gasteiger charge is 2.32. The molecule has 0 spiro atoms. The predicted molar refractivity (Wildman–Crippen MR) is 68.8 cm³/mol. The van der Waals surface area contributed by atoms with Gasteiger partial charge in [0.2, 0.25) is 0 Å². The quantitative estimate of drug-likeness (QED) is 0.877. The van der Waals surface area contributed by atoms with E-state index in [1.54, 1.807) is 12.1 Å². The zero-order valence-electron chi connectivity index (χ0n) is 10.8. The van der Waals surface area contributed by atoms with Gasteiger partial charge in [-0.2, -0.15) is 18.3 Å². The topological polar surface area (TPSA) is 53.1 Å². The van der Waals surface area contributed by atoms with Crippen molar-refractivity contribution in [1.82, 2.24) is 9.78 Å². The highest BCUT2D eigenvalue weighted by atomic mass is 19.4. The van der Waals surface area contributed by atoms with E-state index in [1.807, 2.05) is 6.92 Å². The highest BCUT2D eigenvalue weighted by molar-refractivity contribution is 5.53. The highest BCUT2D eigenvalue weighted by Crippen LogP contribution is 2.30. The molecule has 0 aliphatic rings. The van der Waals surface area contributed by atoms with Crippen molar-refractivity contribution in [3.05, 3.63) is 36.2 Å². The van der Waals surface area contributed by atoms with Crippen LogP contribution in [0.5, 0.6) is 5.75 Å². The summed E-state index contributed by atoms with van der Waals surface area (Å²) in [4.78, 5) is 0. The zero-order valence-corrected chi connectivity index (χ0v) is 10.8. The van der Waals surface area contributed by atoms with Crippen LogP contribution in [0, 0.1) is 0 Å². The third-order valence-electron chi connectivity index (χ3n) is 2.56. The van der Waals surface area contributed by atoms with Crippen molar-refractivity contribution in [3.63, 3.8) is 0 Å². The van der Waals surface area contributed by atoms with Gasteiger partial charge in [0.05, 0.1) is 24.1 Å². The van der Waals surface area contributed by atoms with E-state index in [2.05, 4.69) is 5.10 Å². The van der Waals surface area contributed by atoms with Crippen LogP contribution < -0.4 is 10.5 Å². The van der Waals surface area contributed by atoms with E-state index in [4.69, 9.17) is 10.5 Å². The van der Waals surface area contributed by atoms with Gasteiger partial charge in [-0.15, -0.1) is 0 Å². The molecule has 0 aliphatic heterocycles. The van der Waals surface area contributed by atoms with Gasteiger partial charge in [0.25, 0.3) is 0 Å².